The summed E-state index contributed by atoms with van der Waals surface area (Å²) in [5, 5.41) is 2.06. The quantitative estimate of drug-likeness (QED) is 0.0958. The van der Waals surface area contributed by atoms with Crippen LogP contribution in [0.15, 0.2) is 267 Å². The van der Waals surface area contributed by atoms with Crippen LogP contribution in [0.4, 0.5) is 5.69 Å². The zero-order valence-corrected chi connectivity index (χ0v) is 47.0. The van der Waals surface area contributed by atoms with Gasteiger partial charge < -0.3 is 4.74 Å². The molecule has 10 aromatic carbocycles. The van der Waals surface area contributed by atoms with Crippen molar-refractivity contribution in [2.45, 2.75) is 33.1 Å². The maximum atomic E-state index is 8.45. The third-order valence-electron chi connectivity index (χ3n) is 15.8. The van der Waals surface area contributed by atoms with Crippen LogP contribution in [0.5, 0.6) is 11.5 Å². The first-order valence-electron chi connectivity index (χ1n) is 28.3. The van der Waals surface area contributed by atoms with E-state index >= 15 is 0 Å². The normalized spacial score (nSPS) is 11.6. The van der Waals surface area contributed by atoms with E-state index in [1.807, 2.05) is 37.5 Å². The van der Waals surface area contributed by atoms with E-state index in [1.165, 1.54) is 5.56 Å². The number of rotatable bonds is 11. The fraction of sp³-hybridized carbons (Fsp3) is 0.0649. The summed E-state index contributed by atoms with van der Waals surface area (Å²) in [4.78, 5) is 13.7. The van der Waals surface area contributed by atoms with Crippen LogP contribution >= 0.6 is 0 Å². The molecular weight excluding hydrogens is 1020 g/mol. The molecule has 0 radical (unpaired) electrons. The molecule has 7 nitrogen and oxygen atoms in total. The Morgan fingerprint density at radius 2 is 1.00 bits per heavy atom. The van der Waals surface area contributed by atoms with E-state index in [9.17, 15) is 0 Å². The second-order valence-corrected chi connectivity index (χ2v) is 22.4. The smallest absolute Gasteiger partial charge is 0.269 e. The molecule has 0 bridgehead atoms. The van der Waals surface area contributed by atoms with Crippen LogP contribution in [0.3, 0.4) is 0 Å². The first kappa shape index (κ1) is 51.2. The van der Waals surface area contributed by atoms with Gasteiger partial charge in [0.2, 0.25) is 0 Å². The lowest BCUT2D eigenvalue weighted by atomic mass is 9.88. The Bertz CT molecular complexity index is 4600. The summed E-state index contributed by atoms with van der Waals surface area (Å²) in [7, 11) is 0. The minimum absolute atomic E-state index is 0.0800. The molecule has 0 unspecified atom stereocenters. The molecule has 400 valence electrons. The molecule has 84 heavy (non-hydrogen) atoms. The standard InChI is InChI=1S/C77H56N6O/c1-51-37-73-70(49-80-51)69-34-33-65(48-74(69)83(73)75-44-62(35-36-79-75)77(2,3)4)84-66-46-63(78-5)45-64(47-66)81-50-82(72-32-19-18-31-71(72)81)76-67(60-40-56(52-21-10-6-11-22-52)38-57(41-60)53-23-12-7-13-24-53)29-20-30-68(76)61-42-58(54-25-14-8-15-26-54)39-59(43-61)55-27-16-9-17-28-55/h6-49H,1-4H3. The molecule has 0 saturated carbocycles. The molecule has 0 N–H and O–H groups in total. The van der Waals surface area contributed by atoms with Crippen LogP contribution in [0, 0.1) is 19.8 Å². The van der Waals surface area contributed by atoms with Crippen LogP contribution in [0.1, 0.15) is 32.0 Å². The van der Waals surface area contributed by atoms with Crippen LogP contribution in [0.25, 0.3) is 122 Å². The molecule has 0 spiro atoms. The fourth-order valence-corrected chi connectivity index (χ4v) is 11.7. The Morgan fingerprint density at radius 3 is 1.56 bits per heavy atom. The number of aryl methyl sites for hydroxylation is 1. The topological polar surface area (TPSA) is 53.1 Å². The van der Waals surface area contributed by atoms with Gasteiger partial charge in [0.05, 0.1) is 40.0 Å². The van der Waals surface area contributed by atoms with Gasteiger partial charge in [-0.05, 0) is 170 Å². The number of nitrogens with zero attached hydrogens (tertiary/aromatic N) is 6. The molecule has 0 aliphatic rings. The summed E-state index contributed by atoms with van der Waals surface area (Å²) >= 11 is 0. The minimum atomic E-state index is -0.0800. The lowest BCUT2D eigenvalue weighted by Crippen LogP contribution is -2.31. The monoisotopic (exact) mass is 1080 g/mol. The highest BCUT2D eigenvalue weighted by atomic mass is 16.5. The number of hydrogen-bond donors (Lipinski definition) is 0. The van der Waals surface area contributed by atoms with Crippen LogP contribution in [-0.4, -0.2) is 19.1 Å². The summed E-state index contributed by atoms with van der Waals surface area (Å²) in [6.45, 7) is 17.1. The molecule has 14 aromatic rings. The molecule has 14 rings (SSSR count). The largest absolute Gasteiger partial charge is 0.459 e. The summed E-state index contributed by atoms with van der Waals surface area (Å²) in [6.07, 6.45) is 7.75. The number of imidazole rings is 1. The molecule has 0 saturated heterocycles. The molecule has 0 amide bonds. The van der Waals surface area contributed by atoms with E-state index in [0.717, 1.165) is 122 Å². The zero-order valence-electron chi connectivity index (χ0n) is 47.0. The van der Waals surface area contributed by atoms with Gasteiger partial charge in [0.1, 0.15) is 17.3 Å². The Morgan fingerprint density at radius 1 is 0.464 bits per heavy atom. The highest BCUT2D eigenvalue weighted by Crippen LogP contribution is 2.42. The minimum Gasteiger partial charge on any atom is -0.459 e. The second kappa shape index (κ2) is 21.2. The van der Waals surface area contributed by atoms with Crippen molar-refractivity contribution in [2.24, 2.45) is 0 Å². The number of hydrogen-bond acceptors (Lipinski definition) is 3. The van der Waals surface area contributed by atoms with Crippen molar-refractivity contribution in [3.8, 4) is 95.5 Å². The first-order valence-corrected chi connectivity index (χ1v) is 28.3. The Balaban J connectivity index is 0.970. The van der Waals surface area contributed by atoms with Crippen molar-refractivity contribution in [3.05, 3.63) is 296 Å². The van der Waals surface area contributed by atoms with Crippen LogP contribution < -0.4 is 9.30 Å². The second-order valence-electron chi connectivity index (χ2n) is 22.4. The van der Waals surface area contributed by atoms with E-state index < -0.39 is 0 Å². The number of pyridine rings is 2. The lowest BCUT2D eigenvalue weighted by molar-refractivity contribution is -0.571. The van der Waals surface area contributed by atoms with E-state index in [1.54, 1.807) is 6.07 Å². The molecule has 7 heteroatoms. The number of aromatic nitrogens is 5. The Labute approximate surface area is 489 Å². The average molecular weight is 1080 g/mol. The molecule has 0 fully saturated rings. The number of fused-ring (bicyclic) bond motifs is 4. The maximum Gasteiger partial charge on any atom is 0.269 e. The summed E-state index contributed by atoms with van der Waals surface area (Å²) < 4.78 is 13.4. The number of ether oxygens (including phenoxy) is 1. The van der Waals surface area contributed by atoms with Gasteiger partial charge in [0, 0.05) is 34.9 Å². The van der Waals surface area contributed by atoms with Gasteiger partial charge in [-0.25, -0.2) is 9.83 Å². The predicted octanol–water partition coefficient (Wildman–Crippen LogP) is 19.5. The first-order chi connectivity index (χ1) is 41.1. The zero-order chi connectivity index (χ0) is 56.9. The Kier molecular flexibility index (Phi) is 12.9. The molecule has 0 aliphatic heterocycles. The van der Waals surface area contributed by atoms with Crippen LogP contribution in [-0.2, 0) is 5.41 Å². The number of para-hydroxylation sites is 3. The molecule has 4 aromatic heterocycles. The van der Waals surface area contributed by atoms with Crippen LogP contribution in [0.2, 0.25) is 0 Å². The van der Waals surface area contributed by atoms with Gasteiger partial charge in [0.25, 0.3) is 6.33 Å². The fourth-order valence-electron chi connectivity index (χ4n) is 11.7. The third-order valence-corrected chi connectivity index (χ3v) is 15.8. The van der Waals surface area contributed by atoms with Crippen molar-refractivity contribution >= 4 is 38.5 Å². The van der Waals surface area contributed by atoms with Gasteiger partial charge in [0.15, 0.2) is 5.69 Å². The Hall–Kier alpha value is -10.9. The van der Waals surface area contributed by atoms with Gasteiger partial charge in [-0.1, -0.05) is 185 Å². The lowest BCUT2D eigenvalue weighted by Gasteiger charge is -2.20. The van der Waals surface area contributed by atoms with E-state index in [2.05, 4.69) is 276 Å². The van der Waals surface area contributed by atoms with Crippen molar-refractivity contribution in [2.75, 3.05) is 0 Å². The van der Waals surface area contributed by atoms with Gasteiger partial charge >= 0.3 is 0 Å². The summed E-state index contributed by atoms with van der Waals surface area (Å²) in [5.41, 5.74) is 21.0. The molecule has 4 heterocycles. The van der Waals surface area contributed by atoms with Gasteiger partial charge in [-0.3, -0.25) is 18.7 Å². The highest BCUT2D eigenvalue weighted by Gasteiger charge is 2.24. The van der Waals surface area contributed by atoms with Crippen molar-refractivity contribution in [1.29, 1.82) is 0 Å². The van der Waals surface area contributed by atoms with E-state index in [0.29, 0.717) is 17.2 Å². The average Bonchev–Trinajstić information content (AvgIpc) is 2.66. The van der Waals surface area contributed by atoms with E-state index in [4.69, 9.17) is 21.3 Å². The van der Waals surface area contributed by atoms with Gasteiger partial charge in [-0.15, -0.1) is 0 Å². The molecule has 0 aliphatic carbocycles. The van der Waals surface area contributed by atoms with Crippen molar-refractivity contribution < 1.29 is 9.30 Å². The van der Waals surface area contributed by atoms with Crippen molar-refractivity contribution in [1.82, 2.24) is 19.1 Å². The number of benzene rings is 10. The maximum absolute atomic E-state index is 8.45. The van der Waals surface area contributed by atoms with E-state index in [-0.39, 0.29) is 5.41 Å². The molecular formula is C77H56N6O. The highest BCUT2D eigenvalue weighted by molar-refractivity contribution is 6.09. The summed E-state index contributed by atoms with van der Waals surface area (Å²) in [6, 6.07) is 89.6. The predicted molar refractivity (Wildman–Crippen MR) is 342 cm³/mol. The van der Waals surface area contributed by atoms with Crippen molar-refractivity contribution in [3.63, 3.8) is 0 Å². The third kappa shape index (κ3) is 9.66. The molecule has 0 atom stereocenters. The SMILES string of the molecule is [C-]#[N+]c1cc(Oc2ccc3c4cnc(C)cc4n(-c4cc(C(C)(C)C)ccn4)c3c2)cc(-n2[c-][n+](-c3c(-c4cc(-c5ccccc5)cc(-c5ccccc5)c4)cccc3-c3cc(-c4ccccc4)cc(-c4ccccc4)c3)c3ccccc32)c1. The summed E-state index contributed by atoms with van der Waals surface area (Å²) in [5.74, 6) is 1.95. The van der Waals surface area contributed by atoms with Gasteiger partial charge in [-0.2, -0.15) is 0 Å².